The number of pyridine rings is 1. The van der Waals surface area contributed by atoms with E-state index in [9.17, 15) is 4.79 Å². The summed E-state index contributed by atoms with van der Waals surface area (Å²) in [7, 11) is 0. The van der Waals surface area contributed by atoms with Crippen LogP contribution in [0.5, 0.6) is 0 Å². The van der Waals surface area contributed by atoms with Crippen LogP contribution < -0.4 is 5.32 Å². The first-order valence-corrected chi connectivity index (χ1v) is 12.0. The molecular formula is C26H28N4OS. The van der Waals surface area contributed by atoms with E-state index in [1.54, 1.807) is 18.0 Å². The Morgan fingerprint density at radius 2 is 1.84 bits per heavy atom. The van der Waals surface area contributed by atoms with Crippen molar-refractivity contribution >= 4 is 34.5 Å². The predicted octanol–water partition coefficient (Wildman–Crippen LogP) is 6.18. The molecule has 6 heteroatoms. The molecule has 1 amide bonds. The number of hydrogen-bond donors (Lipinski definition) is 1. The number of carbonyl (C=O) groups excluding carboxylic acids is 1. The lowest BCUT2D eigenvalue weighted by Crippen LogP contribution is -2.26. The van der Waals surface area contributed by atoms with Crippen molar-refractivity contribution in [3.8, 4) is 0 Å². The van der Waals surface area contributed by atoms with Crippen LogP contribution in [0.1, 0.15) is 43.0 Å². The number of rotatable bonds is 8. The van der Waals surface area contributed by atoms with Gasteiger partial charge in [0.1, 0.15) is 11.6 Å². The normalized spacial score (nSPS) is 12.1. The largest absolute Gasteiger partial charge is 0.324 e. The van der Waals surface area contributed by atoms with Gasteiger partial charge in [-0.05, 0) is 49.1 Å². The molecule has 1 unspecified atom stereocenters. The minimum atomic E-state index is -0.402. The Morgan fingerprint density at radius 3 is 2.59 bits per heavy atom. The number of nitrogens with zero attached hydrogens (tertiary/aromatic N) is 3. The van der Waals surface area contributed by atoms with E-state index in [0.717, 1.165) is 39.7 Å². The van der Waals surface area contributed by atoms with Crippen molar-refractivity contribution in [2.45, 2.75) is 50.6 Å². The summed E-state index contributed by atoms with van der Waals surface area (Å²) in [5, 5.41) is 3.96. The van der Waals surface area contributed by atoms with Crippen LogP contribution in [0.2, 0.25) is 0 Å². The van der Waals surface area contributed by atoms with Gasteiger partial charge in [-0.2, -0.15) is 0 Å². The second kappa shape index (κ2) is 10.0. The monoisotopic (exact) mass is 444 g/mol. The number of nitrogens with one attached hydrogen (secondary N) is 1. The van der Waals surface area contributed by atoms with Crippen LogP contribution in [0.4, 0.5) is 5.69 Å². The van der Waals surface area contributed by atoms with Crippen LogP contribution in [0.15, 0.2) is 72.0 Å². The van der Waals surface area contributed by atoms with E-state index < -0.39 is 6.04 Å². The zero-order valence-corrected chi connectivity index (χ0v) is 19.5. The third-order valence-corrected chi connectivity index (χ3v) is 6.59. The van der Waals surface area contributed by atoms with Crippen molar-refractivity contribution in [1.82, 2.24) is 14.5 Å². The van der Waals surface area contributed by atoms with Crippen molar-refractivity contribution in [3.63, 3.8) is 0 Å². The first kappa shape index (κ1) is 22.1. The maximum atomic E-state index is 13.4. The summed E-state index contributed by atoms with van der Waals surface area (Å²) >= 11 is 1.64. The third-order valence-electron chi connectivity index (χ3n) is 5.56. The van der Waals surface area contributed by atoms with Gasteiger partial charge >= 0.3 is 0 Å². The Kier molecular flexibility index (Phi) is 6.90. The number of para-hydroxylation sites is 1. The number of imidazole rings is 1. The molecule has 2 aromatic carbocycles. The molecule has 4 aromatic rings. The van der Waals surface area contributed by atoms with Gasteiger partial charge in [-0.3, -0.25) is 9.36 Å². The molecule has 0 aliphatic heterocycles. The summed E-state index contributed by atoms with van der Waals surface area (Å²) in [4.78, 5) is 22.8. The van der Waals surface area contributed by atoms with Crippen LogP contribution >= 0.6 is 11.8 Å². The molecule has 0 spiro atoms. The molecule has 2 heterocycles. The molecule has 1 atom stereocenters. The number of anilines is 1. The van der Waals surface area contributed by atoms with E-state index in [4.69, 9.17) is 4.98 Å². The van der Waals surface area contributed by atoms with Crippen molar-refractivity contribution in [2.24, 2.45) is 0 Å². The summed E-state index contributed by atoms with van der Waals surface area (Å²) in [6.45, 7) is 6.21. The molecule has 0 fully saturated rings. The number of fused-ring (bicyclic) bond motifs is 1. The van der Waals surface area contributed by atoms with Gasteiger partial charge in [-0.15, -0.1) is 0 Å². The van der Waals surface area contributed by atoms with Crippen molar-refractivity contribution in [1.29, 1.82) is 0 Å². The Hall–Kier alpha value is -3.12. The topological polar surface area (TPSA) is 59.8 Å². The van der Waals surface area contributed by atoms with E-state index in [1.807, 2.05) is 47.9 Å². The van der Waals surface area contributed by atoms with Gasteiger partial charge in [-0.25, -0.2) is 9.97 Å². The Morgan fingerprint density at radius 1 is 1.06 bits per heavy atom. The molecule has 0 aliphatic carbocycles. The fraction of sp³-hybridized carbons (Fsp3) is 0.269. The number of aromatic nitrogens is 3. The molecule has 2 aromatic heterocycles. The average Bonchev–Trinajstić information content (AvgIpc) is 3.18. The summed E-state index contributed by atoms with van der Waals surface area (Å²) in [5.74, 6) is 0.732. The van der Waals surface area contributed by atoms with Crippen LogP contribution in [-0.2, 0) is 17.0 Å². The highest BCUT2D eigenvalue weighted by Gasteiger charge is 2.25. The molecule has 0 aliphatic rings. The second-order valence-electron chi connectivity index (χ2n) is 7.81. The quantitative estimate of drug-likeness (QED) is 0.330. The first-order chi connectivity index (χ1) is 15.6. The van der Waals surface area contributed by atoms with E-state index >= 15 is 0 Å². The van der Waals surface area contributed by atoms with E-state index in [-0.39, 0.29) is 5.91 Å². The SMILES string of the molecule is CCc1ccccc1NC(=O)C(CC)n1c(SCc2ccc(C)cc2)nc2cccnc21. The summed E-state index contributed by atoms with van der Waals surface area (Å²) < 4.78 is 2.00. The van der Waals surface area contributed by atoms with Gasteiger partial charge < -0.3 is 5.32 Å². The molecule has 5 nitrogen and oxygen atoms in total. The number of carbonyl (C=O) groups is 1. The summed E-state index contributed by atoms with van der Waals surface area (Å²) in [6.07, 6.45) is 3.26. The first-order valence-electron chi connectivity index (χ1n) is 11.0. The zero-order valence-electron chi connectivity index (χ0n) is 18.7. The third kappa shape index (κ3) is 4.70. The van der Waals surface area contributed by atoms with Crippen LogP contribution in [0.25, 0.3) is 11.2 Å². The lowest BCUT2D eigenvalue weighted by molar-refractivity contribution is -0.119. The minimum Gasteiger partial charge on any atom is -0.324 e. The van der Waals surface area contributed by atoms with E-state index in [2.05, 4.69) is 48.4 Å². The average molecular weight is 445 g/mol. The predicted molar refractivity (Wildman–Crippen MR) is 132 cm³/mol. The summed E-state index contributed by atoms with van der Waals surface area (Å²) in [6, 6.07) is 19.9. The maximum Gasteiger partial charge on any atom is 0.247 e. The zero-order chi connectivity index (χ0) is 22.5. The number of amides is 1. The number of hydrogen-bond acceptors (Lipinski definition) is 4. The Bertz CT molecular complexity index is 1220. The number of benzene rings is 2. The van der Waals surface area contributed by atoms with Crippen LogP contribution in [0, 0.1) is 6.92 Å². The molecule has 0 saturated heterocycles. The van der Waals surface area contributed by atoms with E-state index in [0.29, 0.717) is 6.42 Å². The maximum absolute atomic E-state index is 13.4. The van der Waals surface area contributed by atoms with Gasteiger partial charge in [-0.1, -0.05) is 73.6 Å². The standard InChI is InChI=1S/C26H28N4OS/c1-4-20-9-6-7-10-21(20)28-25(31)23(5-2)30-24-22(11-8-16-27-24)29-26(30)32-17-19-14-12-18(3)13-15-19/h6-16,23H,4-5,17H2,1-3H3,(H,28,31). The van der Waals surface area contributed by atoms with Crippen molar-refractivity contribution < 1.29 is 4.79 Å². The fourth-order valence-corrected chi connectivity index (χ4v) is 4.78. The highest BCUT2D eigenvalue weighted by molar-refractivity contribution is 7.98. The molecular weight excluding hydrogens is 416 g/mol. The molecule has 0 bridgehead atoms. The van der Waals surface area contributed by atoms with Crippen molar-refractivity contribution in [3.05, 3.63) is 83.6 Å². The van der Waals surface area contributed by atoms with E-state index in [1.165, 1.54) is 11.1 Å². The molecule has 32 heavy (non-hydrogen) atoms. The van der Waals surface area contributed by atoms with Crippen LogP contribution in [-0.4, -0.2) is 20.4 Å². The molecule has 0 radical (unpaired) electrons. The molecule has 1 N–H and O–H groups in total. The lowest BCUT2D eigenvalue weighted by atomic mass is 10.1. The smallest absolute Gasteiger partial charge is 0.247 e. The lowest BCUT2D eigenvalue weighted by Gasteiger charge is -2.20. The summed E-state index contributed by atoms with van der Waals surface area (Å²) in [5.41, 5.74) is 6.00. The molecule has 4 rings (SSSR count). The Labute approximate surface area is 193 Å². The fourth-order valence-electron chi connectivity index (χ4n) is 3.78. The highest BCUT2D eigenvalue weighted by atomic mass is 32.2. The number of thioether (sulfide) groups is 1. The van der Waals surface area contributed by atoms with Crippen LogP contribution in [0.3, 0.4) is 0 Å². The van der Waals surface area contributed by atoms with Crippen molar-refractivity contribution in [2.75, 3.05) is 5.32 Å². The van der Waals surface area contributed by atoms with Gasteiger partial charge in [0, 0.05) is 17.6 Å². The second-order valence-corrected chi connectivity index (χ2v) is 8.75. The van der Waals surface area contributed by atoms with Gasteiger partial charge in [0.15, 0.2) is 10.8 Å². The molecule has 164 valence electrons. The number of aryl methyl sites for hydroxylation is 2. The minimum absolute atomic E-state index is 0.0458. The van der Waals surface area contributed by atoms with Gasteiger partial charge in [0.25, 0.3) is 0 Å². The molecule has 0 saturated carbocycles. The Balaban J connectivity index is 1.66. The van der Waals surface area contributed by atoms with Gasteiger partial charge in [0.05, 0.1) is 0 Å². The van der Waals surface area contributed by atoms with Gasteiger partial charge in [0.2, 0.25) is 5.91 Å². The highest BCUT2D eigenvalue weighted by Crippen LogP contribution is 2.31.